The van der Waals surface area contributed by atoms with Gasteiger partial charge in [0.2, 0.25) is 0 Å². The van der Waals surface area contributed by atoms with Crippen molar-refractivity contribution < 1.29 is 40.2 Å². The molecule has 0 saturated heterocycles. The van der Waals surface area contributed by atoms with Crippen molar-refractivity contribution in [2.24, 2.45) is 0 Å². The molecule has 8 nitrogen and oxygen atoms in total. The fourth-order valence-electron chi connectivity index (χ4n) is 2.96. The summed E-state index contributed by atoms with van der Waals surface area (Å²) in [4.78, 5) is 11.7. The van der Waals surface area contributed by atoms with Gasteiger partial charge in [-0.15, -0.1) is 0 Å². The van der Waals surface area contributed by atoms with Crippen molar-refractivity contribution in [3.63, 3.8) is 0 Å². The minimum absolute atomic E-state index is 0.0827. The second-order valence-corrected chi connectivity index (χ2v) is 8.43. The maximum Gasteiger partial charge on any atom is 0.306 e. The second-order valence-electron chi connectivity index (χ2n) is 8.43. The highest BCUT2D eigenvalue weighted by Crippen LogP contribution is 2.09. The summed E-state index contributed by atoms with van der Waals surface area (Å²) in [5, 5.41) is 56.9. The lowest BCUT2D eigenvalue weighted by atomic mass is 10.00. The largest absolute Gasteiger partial charge is 0.463 e. The van der Waals surface area contributed by atoms with Gasteiger partial charge in [-0.1, -0.05) is 79.8 Å². The summed E-state index contributed by atoms with van der Waals surface area (Å²) < 4.78 is 4.86. The first kappa shape index (κ1) is 34.7. The Labute approximate surface area is 221 Å². The van der Waals surface area contributed by atoms with Gasteiger partial charge in [0.15, 0.2) is 0 Å². The maximum absolute atomic E-state index is 11.7. The zero-order valence-electron chi connectivity index (χ0n) is 21.9. The van der Waals surface area contributed by atoms with Crippen LogP contribution in [-0.4, -0.2) is 80.3 Å². The van der Waals surface area contributed by atoms with Crippen LogP contribution in [0.15, 0.2) is 72.9 Å². The summed E-state index contributed by atoms with van der Waals surface area (Å²) in [7, 11) is 0. The van der Waals surface area contributed by atoms with Crippen molar-refractivity contribution in [3.8, 4) is 0 Å². The third-order valence-electron chi connectivity index (χ3n) is 5.20. The fraction of sp³-hybridized carbons (Fsp3) is 0.552. The lowest BCUT2D eigenvalue weighted by Crippen LogP contribution is -2.51. The molecule has 0 unspecified atom stereocenters. The van der Waals surface area contributed by atoms with Gasteiger partial charge < -0.3 is 35.4 Å². The number of allylic oxidation sites excluding steroid dienone is 12. The summed E-state index contributed by atoms with van der Waals surface area (Å²) in [6, 6.07) is 0. The standard InChI is InChI=1S/C29H46O8/c1-2-3-4-5-6-7-8-9-10-11-12-13-14-15-16-17-18-19-20-21-26(33)37-23-25(32)28(35)29(36)27(34)24(31)22-30/h3-4,6-7,9-10,12-13,15-16,18-19,24-25,27-32,34-36H,2,5,8,11,14,17,20-23H2,1H3/b4-3-,7-6-,10-9-,13-12-,16-15-,19-18-/t24-,25-,27-,28-,29-/m1/s1. The van der Waals surface area contributed by atoms with Gasteiger partial charge >= 0.3 is 5.97 Å². The average molecular weight is 523 g/mol. The van der Waals surface area contributed by atoms with Crippen molar-refractivity contribution in [1.82, 2.24) is 0 Å². The van der Waals surface area contributed by atoms with Crippen LogP contribution in [0.3, 0.4) is 0 Å². The van der Waals surface area contributed by atoms with E-state index in [4.69, 9.17) is 9.84 Å². The zero-order valence-corrected chi connectivity index (χ0v) is 21.9. The SMILES string of the molecule is CC/C=C\C/C=C\C/C=C\C/C=C\C/C=C\C/C=C\CCC(=O)OC[C@@H](O)[C@@H](O)[C@H](O)[C@H](O)[C@H](O)CO. The molecule has 0 aliphatic carbocycles. The third kappa shape index (κ3) is 19.4. The van der Waals surface area contributed by atoms with Crippen LogP contribution in [0, 0.1) is 0 Å². The lowest BCUT2D eigenvalue weighted by Gasteiger charge is -2.28. The molecule has 37 heavy (non-hydrogen) atoms. The molecule has 8 heteroatoms. The van der Waals surface area contributed by atoms with Crippen LogP contribution >= 0.6 is 0 Å². The van der Waals surface area contributed by atoms with Crippen molar-refractivity contribution in [2.45, 2.75) is 88.8 Å². The Morgan fingerprint density at radius 2 is 1.03 bits per heavy atom. The molecule has 0 aromatic heterocycles. The van der Waals surface area contributed by atoms with Crippen LogP contribution in [0.5, 0.6) is 0 Å². The molecule has 0 fully saturated rings. The number of ether oxygens (including phenoxy) is 1. The smallest absolute Gasteiger partial charge is 0.306 e. The summed E-state index contributed by atoms with van der Waals surface area (Å²) >= 11 is 0. The minimum Gasteiger partial charge on any atom is -0.463 e. The highest BCUT2D eigenvalue weighted by Gasteiger charge is 2.34. The molecule has 0 saturated carbocycles. The van der Waals surface area contributed by atoms with Crippen molar-refractivity contribution in [3.05, 3.63) is 72.9 Å². The molecule has 0 heterocycles. The van der Waals surface area contributed by atoms with Crippen LogP contribution < -0.4 is 0 Å². The van der Waals surface area contributed by atoms with E-state index in [0.29, 0.717) is 6.42 Å². The van der Waals surface area contributed by atoms with Crippen LogP contribution in [0.25, 0.3) is 0 Å². The number of aliphatic hydroxyl groups excluding tert-OH is 6. The second kappa shape index (κ2) is 24.0. The van der Waals surface area contributed by atoms with E-state index in [1.165, 1.54) is 0 Å². The Morgan fingerprint density at radius 3 is 1.46 bits per heavy atom. The highest BCUT2D eigenvalue weighted by atomic mass is 16.5. The topological polar surface area (TPSA) is 148 Å². The van der Waals surface area contributed by atoms with Gasteiger partial charge in [-0.05, 0) is 44.9 Å². The molecular weight excluding hydrogens is 476 g/mol. The number of hydrogen-bond acceptors (Lipinski definition) is 8. The molecule has 0 amide bonds. The summed E-state index contributed by atoms with van der Waals surface area (Å²) in [6.45, 7) is 0.719. The van der Waals surface area contributed by atoms with Gasteiger partial charge in [-0.2, -0.15) is 0 Å². The van der Waals surface area contributed by atoms with E-state index < -0.39 is 49.7 Å². The molecule has 0 spiro atoms. The number of rotatable bonds is 21. The van der Waals surface area contributed by atoms with E-state index in [9.17, 15) is 30.3 Å². The predicted molar refractivity (Wildman–Crippen MR) is 146 cm³/mol. The molecular formula is C29H46O8. The average Bonchev–Trinajstić information content (AvgIpc) is 2.91. The van der Waals surface area contributed by atoms with Gasteiger partial charge in [0, 0.05) is 6.42 Å². The molecule has 0 bridgehead atoms. The summed E-state index contributed by atoms with van der Waals surface area (Å²) in [6.07, 6.45) is 22.2. The van der Waals surface area contributed by atoms with Crippen molar-refractivity contribution in [1.29, 1.82) is 0 Å². The van der Waals surface area contributed by atoms with E-state index in [2.05, 4.69) is 61.6 Å². The number of aliphatic hydroxyl groups is 6. The molecule has 0 aliphatic heterocycles. The number of esters is 1. The van der Waals surface area contributed by atoms with Gasteiger partial charge in [-0.25, -0.2) is 0 Å². The Bertz CT molecular complexity index is 738. The molecule has 210 valence electrons. The van der Waals surface area contributed by atoms with Gasteiger partial charge in [0.25, 0.3) is 0 Å². The van der Waals surface area contributed by atoms with E-state index in [-0.39, 0.29) is 6.42 Å². The molecule has 0 rings (SSSR count). The maximum atomic E-state index is 11.7. The lowest BCUT2D eigenvalue weighted by molar-refractivity contribution is -0.161. The van der Waals surface area contributed by atoms with E-state index in [0.717, 1.165) is 38.5 Å². The molecule has 0 radical (unpaired) electrons. The van der Waals surface area contributed by atoms with Crippen LogP contribution in [0.1, 0.15) is 58.3 Å². The fourth-order valence-corrected chi connectivity index (χ4v) is 2.96. The number of hydrogen-bond donors (Lipinski definition) is 6. The highest BCUT2D eigenvalue weighted by molar-refractivity contribution is 5.69. The first-order chi connectivity index (χ1) is 17.8. The predicted octanol–water partition coefficient (Wildman–Crippen LogP) is 2.80. The van der Waals surface area contributed by atoms with Gasteiger partial charge in [0.1, 0.15) is 37.1 Å². The molecule has 0 aromatic rings. The molecule has 0 aliphatic rings. The summed E-state index contributed by atoms with van der Waals surface area (Å²) in [5.41, 5.74) is 0. The van der Waals surface area contributed by atoms with Crippen LogP contribution in [-0.2, 0) is 9.53 Å². The Hall–Kier alpha value is -2.33. The number of carbonyl (C=O) groups excluding carboxylic acids is 1. The normalized spacial score (nSPS) is 17.1. The van der Waals surface area contributed by atoms with Crippen LogP contribution in [0.4, 0.5) is 0 Å². The minimum atomic E-state index is -1.92. The van der Waals surface area contributed by atoms with Gasteiger partial charge in [0.05, 0.1) is 6.61 Å². The van der Waals surface area contributed by atoms with E-state index in [1.807, 2.05) is 18.2 Å². The third-order valence-corrected chi connectivity index (χ3v) is 5.20. The molecule has 5 atom stereocenters. The van der Waals surface area contributed by atoms with Crippen LogP contribution in [0.2, 0.25) is 0 Å². The zero-order chi connectivity index (χ0) is 27.7. The Balaban J connectivity index is 3.88. The first-order valence-electron chi connectivity index (χ1n) is 12.9. The van der Waals surface area contributed by atoms with Crippen molar-refractivity contribution >= 4 is 5.97 Å². The summed E-state index contributed by atoms with van der Waals surface area (Å²) in [5.74, 6) is -0.587. The first-order valence-corrected chi connectivity index (χ1v) is 12.9. The monoisotopic (exact) mass is 522 g/mol. The Morgan fingerprint density at radius 1 is 0.622 bits per heavy atom. The molecule has 6 N–H and O–H groups in total. The van der Waals surface area contributed by atoms with E-state index >= 15 is 0 Å². The quantitative estimate of drug-likeness (QED) is 0.0996. The van der Waals surface area contributed by atoms with E-state index in [1.54, 1.807) is 0 Å². The Kier molecular flexibility index (Phi) is 22.5. The molecule has 0 aromatic carbocycles. The number of carbonyl (C=O) groups is 1. The van der Waals surface area contributed by atoms with Gasteiger partial charge in [-0.3, -0.25) is 4.79 Å². The van der Waals surface area contributed by atoms with Crippen molar-refractivity contribution in [2.75, 3.05) is 13.2 Å².